The fourth-order valence-electron chi connectivity index (χ4n) is 2.19. The zero-order chi connectivity index (χ0) is 8.11. The summed E-state index contributed by atoms with van der Waals surface area (Å²) >= 11 is 0. The SMILES string of the molecule is CCC12OC1(C)C=CC=C2C. The Morgan fingerprint density at radius 1 is 1.55 bits per heavy atom. The van der Waals surface area contributed by atoms with Crippen molar-refractivity contribution in [3.63, 3.8) is 0 Å². The lowest BCUT2D eigenvalue weighted by Gasteiger charge is -2.16. The maximum Gasteiger partial charge on any atom is 0.122 e. The van der Waals surface area contributed by atoms with Crippen LogP contribution >= 0.6 is 0 Å². The number of epoxide rings is 1. The van der Waals surface area contributed by atoms with Crippen molar-refractivity contribution in [1.29, 1.82) is 0 Å². The molecule has 0 bridgehead atoms. The van der Waals surface area contributed by atoms with Gasteiger partial charge in [-0.25, -0.2) is 0 Å². The molecular weight excluding hydrogens is 136 g/mol. The molecule has 2 aliphatic rings. The first-order valence-corrected chi connectivity index (χ1v) is 4.21. The summed E-state index contributed by atoms with van der Waals surface area (Å²) in [5.41, 5.74) is 1.44. The molecule has 0 aromatic carbocycles. The molecule has 1 saturated heterocycles. The van der Waals surface area contributed by atoms with Crippen molar-refractivity contribution in [1.82, 2.24) is 0 Å². The summed E-state index contributed by atoms with van der Waals surface area (Å²) in [6.45, 7) is 6.49. The van der Waals surface area contributed by atoms with Gasteiger partial charge in [-0.15, -0.1) is 0 Å². The molecule has 0 aromatic heterocycles. The fraction of sp³-hybridized carbons (Fsp3) is 0.600. The number of hydrogen-bond acceptors (Lipinski definition) is 1. The van der Waals surface area contributed by atoms with Crippen LogP contribution in [-0.2, 0) is 4.74 Å². The van der Waals surface area contributed by atoms with E-state index in [9.17, 15) is 0 Å². The molecule has 1 fully saturated rings. The quantitative estimate of drug-likeness (QED) is 0.523. The van der Waals surface area contributed by atoms with Crippen LogP contribution in [0.2, 0.25) is 0 Å². The second-order valence-corrected chi connectivity index (χ2v) is 3.60. The van der Waals surface area contributed by atoms with Crippen molar-refractivity contribution >= 4 is 0 Å². The highest BCUT2D eigenvalue weighted by Crippen LogP contribution is 2.57. The van der Waals surface area contributed by atoms with Gasteiger partial charge in [0.2, 0.25) is 0 Å². The monoisotopic (exact) mass is 150 g/mol. The Kier molecular flexibility index (Phi) is 1.15. The molecule has 0 saturated carbocycles. The van der Waals surface area contributed by atoms with E-state index in [4.69, 9.17) is 4.74 Å². The van der Waals surface area contributed by atoms with Gasteiger partial charge in [0.1, 0.15) is 11.2 Å². The summed E-state index contributed by atoms with van der Waals surface area (Å²) in [4.78, 5) is 0. The summed E-state index contributed by atoms with van der Waals surface area (Å²) in [5.74, 6) is 0. The van der Waals surface area contributed by atoms with Gasteiger partial charge in [0.25, 0.3) is 0 Å². The molecule has 1 nitrogen and oxygen atoms in total. The normalized spacial score (nSPS) is 46.6. The number of fused-ring (bicyclic) bond motifs is 1. The maximum absolute atomic E-state index is 5.76. The Hall–Kier alpha value is -0.560. The van der Waals surface area contributed by atoms with Crippen LogP contribution in [0.25, 0.3) is 0 Å². The maximum atomic E-state index is 5.76. The van der Waals surface area contributed by atoms with Crippen LogP contribution < -0.4 is 0 Å². The second kappa shape index (κ2) is 1.78. The van der Waals surface area contributed by atoms with Crippen molar-refractivity contribution in [2.45, 2.75) is 38.4 Å². The predicted octanol–water partition coefficient (Wildman–Crippen LogP) is 2.44. The number of ether oxygens (including phenoxy) is 1. The molecule has 2 unspecified atom stereocenters. The minimum atomic E-state index is 0.0145. The van der Waals surface area contributed by atoms with Gasteiger partial charge in [0, 0.05) is 0 Å². The Morgan fingerprint density at radius 2 is 2.27 bits per heavy atom. The summed E-state index contributed by atoms with van der Waals surface area (Å²) in [5, 5.41) is 0. The van der Waals surface area contributed by atoms with Crippen LogP contribution in [0.15, 0.2) is 23.8 Å². The van der Waals surface area contributed by atoms with E-state index in [1.54, 1.807) is 0 Å². The van der Waals surface area contributed by atoms with Crippen molar-refractivity contribution < 1.29 is 4.74 Å². The van der Waals surface area contributed by atoms with Gasteiger partial charge in [0.05, 0.1) is 0 Å². The van der Waals surface area contributed by atoms with Crippen LogP contribution in [0, 0.1) is 0 Å². The van der Waals surface area contributed by atoms with E-state index in [2.05, 4.69) is 39.0 Å². The summed E-state index contributed by atoms with van der Waals surface area (Å²) in [7, 11) is 0. The number of allylic oxidation sites excluding steroid dienone is 2. The van der Waals surface area contributed by atoms with Gasteiger partial charge >= 0.3 is 0 Å². The predicted molar refractivity (Wildman–Crippen MR) is 45.4 cm³/mol. The molecule has 0 aromatic rings. The van der Waals surface area contributed by atoms with Gasteiger partial charge in [-0.2, -0.15) is 0 Å². The molecule has 2 rings (SSSR count). The first-order chi connectivity index (χ1) is 5.15. The van der Waals surface area contributed by atoms with Crippen LogP contribution in [0.4, 0.5) is 0 Å². The van der Waals surface area contributed by atoms with E-state index in [1.165, 1.54) is 5.57 Å². The standard InChI is InChI=1S/C10H14O/c1-4-10-8(2)6-5-7-9(10,3)11-10/h5-7H,4H2,1-3H3. The molecule has 1 aliphatic carbocycles. The van der Waals surface area contributed by atoms with E-state index in [1.807, 2.05) is 0 Å². The number of hydrogen-bond donors (Lipinski definition) is 0. The Balaban J connectivity index is 2.40. The third kappa shape index (κ3) is 0.646. The zero-order valence-electron chi connectivity index (χ0n) is 7.35. The highest BCUT2D eigenvalue weighted by molar-refractivity contribution is 5.43. The van der Waals surface area contributed by atoms with Gasteiger partial charge in [-0.3, -0.25) is 0 Å². The van der Waals surface area contributed by atoms with Crippen LogP contribution in [0.1, 0.15) is 27.2 Å². The van der Waals surface area contributed by atoms with Crippen LogP contribution in [-0.4, -0.2) is 11.2 Å². The summed E-state index contributed by atoms with van der Waals surface area (Å²) in [6.07, 6.45) is 7.48. The second-order valence-electron chi connectivity index (χ2n) is 3.60. The third-order valence-corrected chi connectivity index (χ3v) is 3.04. The molecule has 1 heteroatoms. The summed E-state index contributed by atoms with van der Waals surface area (Å²) in [6, 6.07) is 0. The van der Waals surface area contributed by atoms with Crippen molar-refractivity contribution in [2.75, 3.05) is 0 Å². The van der Waals surface area contributed by atoms with Crippen LogP contribution in [0.5, 0.6) is 0 Å². The van der Waals surface area contributed by atoms with E-state index >= 15 is 0 Å². The molecule has 2 atom stereocenters. The first-order valence-electron chi connectivity index (χ1n) is 4.21. The largest absolute Gasteiger partial charge is 0.354 e. The van der Waals surface area contributed by atoms with Gasteiger partial charge in [0.15, 0.2) is 0 Å². The zero-order valence-corrected chi connectivity index (χ0v) is 7.35. The van der Waals surface area contributed by atoms with Gasteiger partial charge in [-0.05, 0) is 31.9 Å². The Bertz CT molecular complexity index is 252. The lowest BCUT2D eigenvalue weighted by atomic mass is 9.82. The van der Waals surface area contributed by atoms with Crippen molar-refractivity contribution in [3.05, 3.63) is 23.8 Å². The minimum absolute atomic E-state index is 0.0145. The average molecular weight is 150 g/mol. The smallest absolute Gasteiger partial charge is 0.122 e. The van der Waals surface area contributed by atoms with E-state index in [0.717, 1.165) is 6.42 Å². The van der Waals surface area contributed by atoms with E-state index < -0.39 is 0 Å². The average Bonchev–Trinajstić information content (AvgIpc) is 2.59. The van der Waals surface area contributed by atoms with Crippen LogP contribution in [0.3, 0.4) is 0 Å². The summed E-state index contributed by atoms with van der Waals surface area (Å²) < 4.78 is 5.76. The van der Waals surface area contributed by atoms with Gasteiger partial charge < -0.3 is 4.74 Å². The van der Waals surface area contributed by atoms with Gasteiger partial charge in [-0.1, -0.05) is 19.1 Å². The third-order valence-electron chi connectivity index (χ3n) is 3.04. The molecule has 0 amide bonds. The van der Waals surface area contributed by atoms with E-state index in [0.29, 0.717) is 0 Å². The van der Waals surface area contributed by atoms with E-state index in [-0.39, 0.29) is 11.2 Å². The minimum Gasteiger partial charge on any atom is -0.354 e. The number of rotatable bonds is 1. The molecular formula is C10H14O. The molecule has 0 radical (unpaired) electrons. The Labute approximate surface area is 67.7 Å². The lowest BCUT2D eigenvalue weighted by Crippen LogP contribution is -2.23. The molecule has 1 aliphatic heterocycles. The molecule has 1 heterocycles. The highest BCUT2D eigenvalue weighted by atomic mass is 16.6. The molecule has 0 spiro atoms. The topological polar surface area (TPSA) is 12.5 Å². The highest BCUT2D eigenvalue weighted by Gasteiger charge is 2.65. The fourth-order valence-corrected chi connectivity index (χ4v) is 2.19. The van der Waals surface area contributed by atoms with Crippen molar-refractivity contribution in [2.24, 2.45) is 0 Å². The molecule has 11 heavy (non-hydrogen) atoms. The molecule has 60 valence electrons. The first kappa shape index (κ1) is 7.11. The van der Waals surface area contributed by atoms with Crippen molar-refractivity contribution in [3.8, 4) is 0 Å². The molecule has 0 N–H and O–H groups in total. The Morgan fingerprint density at radius 3 is 2.73 bits per heavy atom. The lowest BCUT2D eigenvalue weighted by molar-refractivity contribution is 0.302.